The summed E-state index contributed by atoms with van der Waals surface area (Å²) in [6, 6.07) is 8.09. The molecule has 12 heavy (non-hydrogen) atoms. The smallest absolute Gasteiger partial charge is 0.0443 e. The molecule has 0 nitrogen and oxygen atoms in total. The topological polar surface area (TPSA) is 0 Å². The summed E-state index contributed by atoms with van der Waals surface area (Å²) in [5.74, 6) is 0. The molecule has 2 rings (SSSR count). The molecule has 1 saturated carbocycles. The van der Waals surface area contributed by atoms with Gasteiger partial charge in [-0.2, -0.15) is 0 Å². The van der Waals surface area contributed by atoms with Crippen LogP contribution in [0.4, 0.5) is 0 Å². The lowest BCUT2D eigenvalue weighted by atomic mass is 9.99. The van der Waals surface area contributed by atoms with Crippen molar-refractivity contribution in [2.75, 3.05) is 0 Å². The van der Waals surface area contributed by atoms with Crippen molar-refractivity contribution in [3.05, 3.63) is 34.9 Å². The Bertz CT molecular complexity index is 310. The average Bonchev–Trinajstić information content (AvgIpc) is 2.61. The van der Waals surface area contributed by atoms with Crippen molar-refractivity contribution in [2.45, 2.75) is 23.6 Å². The van der Waals surface area contributed by atoms with Gasteiger partial charge in [-0.25, -0.2) is 0 Å². The van der Waals surface area contributed by atoms with E-state index in [-0.39, 0.29) is 5.41 Å². The standard InChI is InChI=1S/C10H10BrCl/c1-10(6-9(10)11)7-4-2-3-5-8(7)12/h2-5,9H,6H2,1H3/t9-,10+/m1/s1. The van der Waals surface area contributed by atoms with Crippen LogP contribution in [-0.2, 0) is 5.41 Å². The van der Waals surface area contributed by atoms with Crippen LogP contribution in [0.5, 0.6) is 0 Å². The third-order valence-corrected chi connectivity index (χ3v) is 4.29. The molecule has 0 aliphatic heterocycles. The lowest BCUT2D eigenvalue weighted by molar-refractivity contribution is 0.795. The first-order valence-corrected chi connectivity index (χ1v) is 5.33. The van der Waals surface area contributed by atoms with E-state index in [1.807, 2.05) is 18.2 Å². The second-order valence-electron chi connectivity index (χ2n) is 3.57. The van der Waals surface area contributed by atoms with Gasteiger partial charge in [0.2, 0.25) is 0 Å². The Kier molecular flexibility index (Phi) is 1.96. The van der Waals surface area contributed by atoms with Crippen LogP contribution < -0.4 is 0 Å². The van der Waals surface area contributed by atoms with Crippen molar-refractivity contribution in [2.24, 2.45) is 0 Å². The molecule has 1 fully saturated rings. The molecule has 64 valence electrons. The highest BCUT2D eigenvalue weighted by atomic mass is 79.9. The lowest BCUT2D eigenvalue weighted by Crippen LogP contribution is -2.04. The molecule has 0 unspecified atom stereocenters. The zero-order valence-electron chi connectivity index (χ0n) is 6.85. The molecule has 0 amide bonds. The van der Waals surface area contributed by atoms with E-state index in [1.165, 1.54) is 12.0 Å². The molecule has 0 heterocycles. The summed E-state index contributed by atoms with van der Waals surface area (Å²) < 4.78 is 0. The quantitative estimate of drug-likeness (QED) is 0.661. The van der Waals surface area contributed by atoms with Crippen LogP contribution in [0.3, 0.4) is 0 Å². The molecule has 0 spiro atoms. The summed E-state index contributed by atoms with van der Waals surface area (Å²) in [4.78, 5) is 0.602. The fraction of sp³-hybridized carbons (Fsp3) is 0.400. The Labute approximate surface area is 86.1 Å². The highest BCUT2D eigenvalue weighted by Crippen LogP contribution is 2.54. The van der Waals surface area contributed by atoms with E-state index in [0.717, 1.165) is 5.02 Å². The predicted octanol–water partition coefficient (Wildman–Crippen LogP) is 3.76. The van der Waals surface area contributed by atoms with Gasteiger partial charge in [-0.1, -0.05) is 52.7 Å². The van der Waals surface area contributed by atoms with Gasteiger partial charge in [0.05, 0.1) is 0 Å². The van der Waals surface area contributed by atoms with Crippen molar-refractivity contribution < 1.29 is 0 Å². The Morgan fingerprint density at radius 1 is 1.50 bits per heavy atom. The molecular formula is C10H10BrCl. The minimum absolute atomic E-state index is 0.276. The molecule has 0 N–H and O–H groups in total. The summed E-state index contributed by atoms with van der Waals surface area (Å²) in [5, 5.41) is 0.891. The Morgan fingerprint density at radius 3 is 2.58 bits per heavy atom. The molecule has 0 aromatic heterocycles. The Hall–Kier alpha value is -0.0100. The van der Waals surface area contributed by atoms with E-state index in [1.54, 1.807) is 0 Å². The van der Waals surface area contributed by atoms with Gasteiger partial charge >= 0.3 is 0 Å². The summed E-state index contributed by atoms with van der Waals surface area (Å²) >= 11 is 9.71. The molecule has 2 atom stereocenters. The first-order chi connectivity index (χ1) is 5.64. The highest BCUT2D eigenvalue weighted by Gasteiger charge is 2.50. The molecule has 1 aromatic carbocycles. The molecule has 0 radical (unpaired) electrons. The van der Waals surface area contributed by atoms with Gasteiger partial charge in [-0.05, 0) is 18.1 Å². The van der Waals surface area contributed by atoms with Crippen LogP contribution in [0, 0.1) is 0 Å². The van der Waals surface area contributed by atoms with Crippen molar-refractivity contribution in [3.63, 3.8) is 0 Å². The molecule has 2 heteroatoms. The second kappa shape index (κ2) is 2.74. The zero-order chi connectivity index (χ0) is 8.77. The summed E-state index contributed by atoms with van der Waals surface area (Å²) in [6.45, 7) is 2.24. The maximum Gasteiger partial charge on any atom is 0.0443 e. The minimum Gasteiger partial charge on any atom is -0.0881 e. The lowest BCUT2D eigenvalue weighted by Gasteiger charge is -2.10. The number of alkyl halides is 1. The van der Waals surface area contributed by atoms with E-state index in [9.17, 15) is 0 Å². The van der Waals surface area contributed by atoms with Crippen molar-refractivity contribution >= 4 is 27.5 Å². The monoisotopic (exact) mass is 244 g/mol. The largest absolute Gasteiger partial charge is 0.0881 e. The first kappa shape index (κ1) is 8.58. The van der Waals surface area contributed by atoms with Gasteiger partial charge in [0.25, 0.3) is 0 Å². The molecule has 0 saturated heterocycles. The van der Waals surface area contributed by atoms with Gasteiger partial charge in [0.1, 0.15) is 0 Å². The maximum absolute atomic E-state index is 6.09. The van der Waals surface area contributed by atoms with Crippen molar-refractivity contribution in [3.8, 4) is 0 Å². The summed E-state index contributed by atoms with van der Waals surface area (Å²) in [7, 11) is 0. The van der Waals surface area contributed by atoms with Crippen molar-refractivity contribution in [1.29, 1.82) is 0 Å². The molecule has 1 aliphatic carbocycles. The van der Waals surface area contributed by atoms with Crippen molar-refractivity contribution in [1.82, 2.24) is 0 Å². The van der Waals surface area contributed by atoms with Gasteiger partial charge in [-0.15, -0.1) is 0 Å². The van der Waals surface area contributed by atoms with E-state index in [2.05, 4.69) is 28.9 Å². The van der Waals surface area contributed by atoms with E-state index in [4.69, 9.17) is 11.6 Å². The number of hydrogen-bond donors (Lipinski definition) is 0. The normalized spacial score (nSPS) is 33.4. The van der Waals surface area contributed by atoms with Crippen LogP contribution in [0.15, 0.2) is 24.3 Å². The van der Waals surface area contributed by atoms with Gasteiger partial charge in [-0.3, -0.25) is 0 Å². The average molecular weight is 246 g/mol. The van der Waals surface area contributed by atoms with Crippen LogP contribution >= 0.6 is 27.5 Å². The number of benzene rings is 1. The third kappa shape index (κ3) is 1.20. The fourth-order valence-electron chi connectivity index (χ4n) is 1.52. The van der Waals surface area contributed by atoms with E-state index in [0.29, 0.717) is 4.83 Å². The minimum atomic E-state index is 0.276. The van der Waals surface area contributed by atoms with Crippen LogP contribution in [0.25, 0.3) is 0 Å². The highest BCUT2D eigenvalue weighted by molar-refractivity contribution is 9.09. The SMILES string of the molecule is C[C@@]1(c2ccccc2Cl)C[C@H]1Br. The summed E-state index contributed by atoms with van der Waals surface area (Å²) in [5.41, 5.74) is 1.55. The Balaban J connectivity index is 2.41. The summed E-state index contributed by atoms with van der Waals surface area (Å²) in [6.07, 6.45) is 1.19. The molecule has 1 aromatic rings. The Morgan fingerprint density at radius 2 is 2.08 bits per heavy atom. The maximum atomic E-state index is 6.09. The van der Waals surface area contributed by atoms with E-state index < -0.39 is 0 Å². The van der Waals surface area contributed by atoms with Crippen LogP contribution in [0.2, 0.25) is 5.02 Å². The second-order valence-corrected chi connectivity index (χ2v) is 5.08. The predicted molar refractivity (Wildman–Crippen MR) is 56.1 cm³/mol. The molecule has 0 bridgehead atoms. The van der Waals surface area contributed by atoms with E-state index >= 15 is 0 Å². The first-order valence-electron chi connectivity index (χ1n) is 4.04. The third-order valence-electron chi connectivity index (χ3n) is 2.62. The van der Waals surface area contributed by atoms with Gasteiger partial charge < -0.3 is 0 Å². The number of rotatable bonds is 1. The number of halogens is 2. The molecule has 1 aliphatic rings. The number of hydrogen-bond acceptors (Lipinski definition) is 0. The van der Waals surface area contributed by atoms with Gasteiger partial charge in [0.15, 0.2) is 0 Å². The van der Waals surface area contributed by atoms with Crippen LogP contribution in [-0.4, -0.2) is 4.83 Å². The zero-order valence-corrected chi connectivity index (χ0v) is 9.19. The molecular weight excluding hydrogens is 235 g/mol. The van der Waals surface area contributed by atoms with Gasteiger partial charge in [0, 0.05) is 15.3 Å². The fourth-order valence-corrected chi connectivity index (χ4v) is 2.79. The van der Waals surface area contributed by atoms with Crippen LogP contribution in [0.1, 0.15) is 18.9 Å².